The van der Waals surface area contributed by atoms with Gasteiger partial charge in [0, 0.05) is 6.04 Å². The Kier molecular flexibility index (Phi) is 7.66. The maximum atomic E-state index is 12.5. The molecule has 1 aliphatic carbocycles. The lowest BCUT2D eigenvalue weighted by Gasteiger charge is -2.23. The maximum absolute atomic E-state index is 12.5. The summed E-state index contributed by atoms with van der Waals surface area (Å²) in [6.07, 6.45) is 3.19. The highest BCUT2D eigenvalue weighted by molar-refractivity contribution is 6.33. The first kappa shape index (κ1) is 21.2. The topological polar surface area (TPSA) is 84.5 Å². The first-order chi connectivity index (χ1) is 12.8. The predicted octanol–water partition coefficient (Wildman–Crippen LogP) is 3.08. The van der Waals surface area contributed by atoms with Crippen molar-refractivity contribution in [3.05, 3.63) is 34.9 Å². The Morgan fingerprint density at radius 1 is 1.11 bits per heavy atom. The van der Waals surface area contributed by atoms with Crippen LogP contribution < -0.4 is 10.6 Å². The minimum atomic E-state index is -0.920. The van der Waals surface area contributed by atoms with Crippen LogP contribution in [0.4, 0.5) is 0 Å². The first-order valence-electron chi connectivity index (χ1n) is 9.36. The Morgan fingerprint density at radius 2 is 1.74 bits per heavy atom. The van der Waals surface area contributed by atoms with Crippen LogP contribution in [-0.2, 0) is 14.3 Å². The number of hydrogen-bond donors (Lipinski definition) is 2. The lowest BCUT2D eigenvalue weighted by molar-refractivity contribution is -0.157. The fraction of sp³-hybridized carbons (Fsp3) is 0.550. The Bertz CT molecular complexity index is 686. The number of carbonyl (C=O) groups excluding carboxylic acids is 3. The van der Waals surface area contributed by atoms with Gasteiger partial charge in [-0.3, -0.25) is 9.59 Å². The van der Waals surface area contributed by atoms with Crippen molar-refractivity contribution >= 4 is 29.4 Å². The van der Waals surface area contributed by atoms with E-state index in [1.165, 1.54) is 6.92 Å². The summed E-state index contributed by atoms with van der Waals surface area (Å²) in [6, 6.07) is 5.87. The van der Waals surface area contributed by atoms with Crippen LogP contribution in [-0.4, -0.2) is 36.0 Å². The van der Waals surface area contributed by atoms with Crippen molar-refractivity contribution in [2.45, 2.75) is 64.6 Å². The monoisotopic (exact) mass is 394 g/mol. The first-order valence-corrected chi connectivity index (χ1v) is 9.73. The van der Waals surface area contributed by atoms with Gasteiger partial charge in [0.15, 0.2) is 6.10 Å². The van der Waals surface area contributed by atoms with Gasteiger partial charge < -0.3 is 15.4 Å². The molecule has 0 radical (unpaired) electrons. The Morgan fingerprint density at radius 3 is 2.33 bits per heavy atom. The molecule has 1 aromatic carbocycles. The van der Waals surface area contributed by atoms with Gasteiger partial charge in [-0.1, -0.05) is 50.4 Å². The van der Waals surface area contributed by atoms with E-state index in [0.717, 1.165) is 25.7 Å². The summed E-state index contributed by atoms with van der Waals surface area (Å²) in [7, 11) is 0. The van der Waals surface area contributed by atoms with Crippen molar-refractivity contribution in [3.63, 3.8) is 0 Å². The zero-order valence-corrected chi connectivity index (χ0v) is 16.7. The highest BCUT2D eigenvalue weighted by atomic mass is 35.5. The number of carbonyl (C=O) groups is 3. The van der Waals surface area contributed by atoms with Crippen molar-refractivity contribution in [2.75, 3.05) is 0 Å². The second-order valence-corrected chi connectivity index (χ2v) is 7.65. The molecule has 0 aromatic heterocycles. The molecule has 2 amide bonds. The third-order valence-corrected chi connectivity index (χ3v) is 5.02. The molecular formula is C20H27ClN2O4. The normalized spacial score (nSPS) is 16.6. The number of ether oxygens (including phenoxy) is 1. The lowest BCUT2D eigenvalue weighted by atomic mass is 10.0. The molecule has 1 aliphatic rings. The van der Waals surface area contributed by atoms with E-state index in [0.29, 0.717) is 5.02 Å². The molecule has 6 nitrogen and oxygen atoms in total. The van der Waals surface area contributed by atoms with Gasteiger partial charge in [0.2, 0.25) is 0 Å². The molecule has 2 rings (SSSR count). The Hall–Kier alpha value is -2.08. The van der Waals surface area contributed by atoms with Gasteiger partial charge >= 0.3 is 5.97 Å². The average molecular weight is 395 g/mol. The van der Waals surface area contributed by atoms with Gasteiger partial charge in [-0.25, -0.2) is 4.79 Å². The molecule has 7 heteroatoms. The zero-order valence-electron chi connectivity index (χ0n) is 16.0. The Labute approximate surface area is 165 Å². The van der Waals surface area contributed by atoms with Gasteiger partial charge in [0.25, 0.3) is 11.8 Å². The van der Waals surface area contributed by atoms with Crippen LogP contribution in [0.15, 0.2) is 24.3 Å². The molecule has 1 saturated carbocycles. The van der Waals surface area contributed by atoms with Crippen molar-refractivity contribution in [2.24, 2.45) is 5.92 Å². The van der Waals surface area contributed by atoms with E-state index in [9.17, 15) is 14.4 Å². The van der Waals surface area contributed by atoms with E-state index in [2.05, 4.69) is 10.6 Å². The maximum Gasteiger partial charge on any atom is 0.329 e. The summed E-state index contributed by atoms with van der Waals surface area (Å²) >= 11 is 6.04. The molecular weight excluding hydrogens is 368 g/mol. The molecule has 0 aliphatic heterocycles. The van der Waals surface area contributed by atoms with Crippen LogP contribution in [0.5, 0.6) is 0 Å². The summed E-state index contributed by atoms with van der Waals surface area (Å²) in [4.78, 5) is 37.2. The molecule has 0 saturated heterocycles. The smallest absolute Gasteiger partial charge is 0.329 e. The van der Waals surface area contributed by atoms with Crippen LogP contribution in [0.2, 0.25) is 5.02 Å². The fourth-order valence-corrected chi connectivity index (χ4v) is 3.27. The summed E-state index contributed by atoms with van der Waals surface area (Å²) in [5, 5.41) is 5.87. The molecule has 27 heavy (non-hydrogen) atoms. The van der Waals surface area contributed by atoms with Crippen molar-refractivity contribution in [1.82, 2.24) is 10.6 Å². The van der Waals surface area contributed by atoms with E-state index in [-0.39, 0.29) is 23.4 Å². The van der Waals surface area contributed by atoms with Crippen molar-refractivity contribution < 1.29 is 19.1 Å². The molecule has 1 aromatic rings. The third-order valence-electron chi connectivity index (χ3n) is 4.69. The predicted molar refractivity (Wildman–Crippen MR) is 103 cm³/mol. The average Bonchev–Trinajstić information content (AvgIpc) is 3.12. The summed E-state index contributed by atoms with van der Waals surface area (Å²) in [6.45, 7) is 5.12. The highest BCUT2D eigenvalue weighted by Gasteiger charge is 2.30. The van der Waals surface area contributed by atoms with Crippen molar-refractivity contribution in [1.29, 1.82) is 0 Å². The molecule has 148 valence electrons. The molecule has 0 bridgehead atoms. The third kappa shape index (κ3) is 5.96. The van der Waals surface area contributed by atoms with Crippen LogP contribution in [0, 0.1) is 5.92 Å². The molecule has 2 atom stereocenters. The SMILES string of the molecule is CC(C)[C@H](NC(=O)c1ccccc1Cl)C(=O)O[C@H](C)C(=O)NC1CCCC1. The number of esters is 1. The quantitative estimate of drug-likeness (QED) is 0.696. The zero-order chi connectivity index (χ0) is 20.0. The lowest BCUT2D eigenvalue weighted by Crippen LogP contribution is -2.48. The number of halogens is 1. The number of rotatable bonds is 7. The molecule has 1 fully saturated rings. The summed E-state index contributed by atoms with van der Waals surface area (Å²) < 4.78 is 5.31. The van der Waals surface area contributed by atoms with Gasteiger partial charge in [-0.15, -0.1) is 0 Å². The standard InChI is InChI=1S/C20H27ClN2O4/c1-12(2)17(23-19(25)15-10-6-7-11-16(15)21)20(26)27-13(3)18(24)22-14-8-4-5-9-14/h6-7,10-14,17H,4-5,8-9H2,1-3H3,(H,22,24)(H,23,25)/t13-,17+/m1/s1. The van der Waals surface area contributed by atoms with E-state index in [1.807, 2.05) is 0 Å². The molecule has 0 unspecified atom stereocenters. The highest BCUT2D eigenvalue weighted by Crippen LogP contribution is 2.18. The van der Waals surface area contributed by atoms with Crippen LogP contribution in [0.25, 0.3) is 0 Å². The van der Waals surface area contributed by atoms with E-state index in [4.69, 9.17) is 16.3 Å². The Balaban J connectivity index is 1.96. The van der Waals surface area contributed by atoms with Gasteiger partial charge in [0.1, 0.15) is 6.04 Å². The molecule has 0 spiro atoms. The minimum absolute atomic E-state index is 0.152. The summed E-state index contributed by atoms with van der Waals surface area (Å²) in [5.74, 6) is -1.62. The minimum Gasteiger partial charge on any atom is -0.451 e. The largest absolute Gasteiger partial charge is 0.451 e. The van der Waals surface area contributed by atoms with E-state index >= 15 is 0 Å². The second kappa shape index (κ2) is 9.74. The van der Waals surface area contributed by atoms with Gasteiger partial charge in [-0.2, -0.15) is 0 Å². The van der Waals surface area contributed by atoms with E-state index in [1.54, 1.807) is 38.1 Å². The van der Waals surface area contributed by atoms with Gasteiger partial charge in [-0.05, 0) is 37.8 Å². The van der Waals surface area contributed by atoms with Crippen LogP contribution >= 0.6 is 11.6 Å². The second-order valence-electron chi connectivity index (χ2n) is 7.24. The van der Waals surface area contributed by atoms with Gasteiger partial charge in [0.05, 0.1) is 10.6 Å². The number of hydrogen-bond acceptors (Lipinski definition) is 4. The number of nitrogens with one attached hydrogen (secondary N) is 2. The fourth-order valence-electron chi connectivity index (χ4n) is 3.05. The van der Waals surface area contributed by atoms with Crippen LogP contribution in [0.3, 0.4) is 0 Å². The number of amides is 2. The molecule has 0 heterocycles. The van der Waals surface area contributed by atoms with Crippen LogP contribution in [0.1, 0.15) is 56.8 Å². The molecule has 2 N–H and O–H groups in total. The summed E-state index contributed by atoms with van der Waals surface area (Å²) in [5.41, 5.74) is 0.282. The van der Waals surface area contributed by atoms with E-state index < -0.39 is 24.0 Å². The number of benzene rings is 1. The van der Waals surface area contributed by atoms with Crippen molar-refractivity contribution in [3.8, 4) is 0 Å².